The molecule has 0 unspecified atom stereocenters. The number of nitrogens with zero attached hydrogens (tertiary/aromatic N) is 2. The fraction of sp³-hybridized carbons (Fsp3) is 0.219. The summed E-state index contributed by atoms with van der Waals surface area (Å²) in [6.07, 6.45) is 1.72. The van der Waals surface area contributed by atoms with Gasteiger partial charge in [0.25, 0.3) is 5.56 Å². The fourth-order valence-corrected chi connectivity index (χ4v) is 5.68. The zero-order valence-electron chi connectivity index (χ0n) is 23.1. The summed E-state index contributed by atoms with van der Waals surface area (Å²) in [5.74, 6) is 0.124. The number of fused-ring (bicyclic) bond motifs is 1. The summed E-state index contributed by atoms with van der Waals surface area (Å²) in [5.41, 5.74) is 2.27. The van der Waals surface area contributed by atoms with Gasteiger partial charge in [-0.05, 0) is 62.2 Å². The Kier molecular flexibility index (Phi) is 8.16. The average molecular weight is 573 g/mol. The Balaban J connectivity index is 1.75. The summed E-state index contributed by atoms with van der Waals surface area (Å²) in [7, 11) is 1.56. The van der Waals surface area contributed by atoms with Crippen LogP contribution in [0.15, 0.2) is 88.2 Å². The lowest BCUT2D eigenvalue weighted by Gasteiger charge is -2.25. The van der Waals surface area contributed by atoms with Gasteiger partial charge in [0.15, 0.2) is 16.3 Å². The lowest BCUT2D eigenvalue weighted by atomic mass is 9.93. The number of aromatic nitrogens is 1. The lowest BCUT2D eigenvalue weighted by Crippen LogP contribution is -2.40. The molecular weight excluding hydrogens is 543 g/mol. The van der Waals surface area contributed by atoms with Gasteiger partial charge < -0.3 is 14.2 Å². The first-order chi connectivity index (χ1) is 19.8. The fourth-order valence-electron chi connectivity index (χ4n) is 4.68. The van der Waals surface area contributed by atoms with E-state index in [-0.39, 0.29) is 23.8 Å². The largest absolute Gasteiger partial charge is 0.493 e. The molecule has 2 heterocycles. The Morgan fingerprint density at radius 2 is 1.80 bits per heavy atom. The van der Waals surface area contributed by atoms with Gasteiger partial charge in [0.05, 0.1) is 41.7 Å². The topological polar surface area (TPSA) is 79.1 Å². The van der Waals surface area contributed by atoms with Gasteiger partial charge in [0.2, 0.25) is 0 Å². The van der Waals surface area contributed by atoms with E-state index in [0.717, 1.165) is 5.56 Å². The van der Waals surface area contributed by atoms with Gasteiger partial charge in [-0.3, -0.25) is 9.36 Å². The van der Waals surface area contributed by atoms with Gasteiger partial charge in [0.1, 0.15) is 5.82 Å². The highest BCUT2D eigenvalue weighted by molar-refractivity contribution is 7.07. The molecule has 7 nitrogen and oxygen atoms in total. The normalized spacial score (nSPS) is 15.0. The highest BCUT2D eigenvalue weighted by Gasteiger charge is 2.35. The summed E-state index contributed by atoms with van der Waals surface area (Å²) in [4.78, 5) is 32.7. The van der Waals surface area contributed by atoms with Crippen molar-refractivity contribution < 1.29 is 23.4 Å². The summed E-state index contributed by atoms with van der Waals surface area (Å²) in [5, 5.41) is 0. The third kappa shape index (κ3) is 5.71. The maximum absolute atomic E-state index is 14.0. The maximum Gasteiger partial charge on any atom is 0.338 e. The highest BCUT2D eigenvalue weighted by Crippen LogP contribution is 2.35. The quantitative estimate of drug-likeness (QED) is 0.282. The Morgan fingerprint density at radius 3 is 2.46 bits per heavy atom. The molecule has 4 aromatic rings. The van der Waals surface area contributed by atoms with E-state index >= 15 is 0 Å². The molecule has 0 N–H and O–H groups in total. The molecule has 5 rings (SSSR count). The van der Waals surface area contributed by atoms with Crippen molar-refractivity contribution in [3.05, 3.63) is 121 Å². The number of hydrogen-bond acceptors (Lipinski definition) is 7. The molecular formula is C32H29FN2O5S. The molecule has 0 amide bonds. The van der Waals surface area contributed by atoms with Crippen LogP contribution in [0.3, 0.4) is 0 Å². The molecule has 1 aliphatic heterocycles. The summed E-state index contributed by atoms with van der Waals surface area (Å²) in [6, 6.07) is 19.6. The predicted octanol–water partition coefficient (Wildman–Crippen LogP) is 4.87. The molecule has 41 heavy (non-hydrogen) atoms. The van der Waals surface area contributed by atoms with Crippen LogP contribution in [-0.2, 0) is 9.53 Å². The number of carbonyl (C=O) groups excluding carboxylic acids is 1. The van der Waals surface area contributed by atoms with Crippen molar-refractivity contribution in [3.63, 3.8) is 0 Å². The second kappa shape index (κ2) is 11.9. The number of halogens is 1. The molecule has 1 aromatic heterocycles. The number of hydrogen-bond donors (Lipinski definition) is 0. The number of carbonyl (C=O) groups is 1. The molecule has 0 saturated heterocycles. The van der Waals surface area contributed by atoms with E-state index in [0.29, 0.717) is 37.7 Å². The Morgan fingerprint density at radius 1 is 1.07 bits per heavy atom. The molecule has 1 aliphatic rings. The Bertz CT molecular complexity index is 1790. The van der Waals surface area contributed by atoms with Gasteiger partial charge in [0, 0.05) is 5.56 Å². The molecule has 0 saturated carbocycles. The van der Waals surface area contributed by atoms with E-state index in [1.807, 2.05) is 50.2 Å². The van der Waals surface area contributed by atoms with Crippen molar-refractivity contribution in [3.8, 4) is 11.5 Å². The zero-order chi connectivity index (χ0) is 29.1. The van der Waals surface area contributed by atoms with Crippen LogP contribution < -0.4 is 24.4 Å². The van der Waals surface area contributed by atoms with Crippen LogP contribution >= 0.6 is 11.3 Å². The first kappa shape index (κ1) is 28.0. The highest BCUT2D eigenvalue weighted by atomic mass is 32.1. The molecule has 0 spiro atoms. The van der Waals surface area contributed by atoms with E-state index in [1.54, 1.807) is 44.4 Å². The smallest absolute Gasteiger partial charge is 0.338 e. The second-order valence-corrected chi connectivity index (χ2v) is 10.6. The lowest BCUT2D eigenvalue weighted by molar-refractivity contribution is -0.138. The summed E-state index contributed by atoms with van der Waals surface area (Å²) in [6.45, 7) is 5.72. The van der Waals surface area contributed by atoms with Gasteiger partial charge in [-0.1, -0.05) is 59.9 Å². The number of ether oxygens (including phenoxy) is 3. The number of rotatable bonds is 8. The minimum atomic E-state index is -0.875. The SMILES string of the molecule is CCOC(=O)C1=C(c2ccccc2)N=c2s/c(=C\c3ccc(OC(C)C)c(OC)c3)c(=O)n2[C@@H]1c1ccc(F)cc1. The zero-order valence-corrected chi connectivity index (χ0v) is 23.9. The number of benzene rings is 3. The number of methoxy groups -OCH3 is 1. The van der Waals surface area contributed by atoms with Crippen molar-refractivity contribution >= 4 is 29.1 Å². The predicted molar refractivity (Wildman–Crippen MR) is 156 cm³/mol. The summed E-state index contributed by atoms with van der Waals surface area (Å²) < 4.78 is 32.6. The van der Waals surface area contributed by atoms with Crippen molar-refractivity contribution in [1.82, 2.24) is 4.57 Å². The molecule has 0 aliphatic carbocycles. The van der Waals surface area contributed by atoms with Crippen LogP contribution in [0.25, 0.3) is 11.8 Å². The summed E-state index contributed by atoms with van der Waals surface area (Å²) >= 11 is 1.21. The van der Waals surface area contributed by atoms with Gasteiger partial charge in [-0.15, -0.1) is 0 Å². The molecule has 210 valence electrons. The van der Waals surface area contributed by atoms with Crippen molar-refractivity contribution in [2.24, 2.45) is 4.99 Å². The van der Waals surface area contributed by atoms with Crippen LogP contribution in [0.1, 0.15) is 43.5 Å². The van der Waals surface area contributed by atoms with Gasteiger partial charge in [-0.2, -0.15) is 0 Å². The number of esters is 1. The Hall–Kier alpha value is -4.50. The minimum Gasteiger partial charge on any atom is -0.493 e. The van der Waals surface area contributed by atoms with E-state index < -0.39 is 17.8 Å². The maximum atomic E-state index is 14.0. The van der Waals surface area contributed by atoms with Crippen LogP contribution in [0, 0.1) is 5.82 Å². The molecule has 0 radical (unpaired) electrons. The molecule has 3 aromatic carbocycles. The van der Waals surface area contributed by atoms with E-state index in [4.69, 9.17) is 19.2 Å². The van der Waals surface area contributed by atoms with Crippen molar-refractivity contribution in [2.75, 3.05) is 13.7 Å². The van der Waals surface area contributed by atoms with E-state index in [2.05, 4.69) is 0 Å². The van der Waals surface area contributed by atoms with E-state index in [1.165, 1.54) is 28.0 Å². The van der Waals surface area contributed by atoms with Crippen LogP contribution in [0.4, 0.5) is 4.39 Å². The van der Waals surface area contributed by atoms with E-state index in [9.17, 15) is 14.0 Å². The molecule has 0 bridgehead atoms. The van der Waals surface area contributed by atoms with Crippen LogP contribution in [0.5, 0.6) is 11.5 Å². The first-order valence-corrected chi connectivity index (χ1v) is 14.0. The van der Waals surface area contributed by atoms with Gasteiger partial charge >= 0.3 is 5.97 Å². The molecule has 9 heteroatoms. The minimum absolute atomic E-state index is 0.0303. The van der Waals surface area contributed by atoms with Crippen molar-refractivity contribution in [2.45, 2.75) is 32.9 Å². The van der Waals surface area contributed by atoms with Crippen LogP contribution in [0.2, 0.25) is 0 Å². The third-order valence-electron chi connectivity index (χ3n) is 6.41. The first-order valence-electron chi connectivity index (χ1n) is 13.2. The van der Waals surface area contributed by atoms with Crippen molar-refractivity contribution in [1.29, 1.82) is 0 Å². The average Bonchev–Trinajstić information content (AvgIpc) is 3.28. The molecule has 1 atom stereocenters. The third-order valence-corrected chi connectivity index (χ3v) is 7.39. The second-order valence-electron chi connectivity index (χ2n) is 9.56. The van der Waals surface area contributed by atoms with Crippen LogP contribution in [-0.4, -0.2) is 30.4 Å². The van der Waals surface area contributed by atoms with Gasteiger partial charge in [-0.25, -0.2) is 14.2 Å². The Labute approximate surface area is 240 Å². The molecule has 0 fully saturated rings. The standard InChI is InChI=1S/C32H29FN2O5S/c1-5-39-31(37)27-28(21-9-7-6-8-10-21)34-32-35(29(27)22-12-14-23(33)15-13-22)30(36)26(41-32)18-20-11-16-24(40-19(2)3)25(17-20)38-4/h6-19,29H,5H2,1-4H3/b26-18-/t29-/m1/s1. The number of thiazole rings is 1. The monoisotopic (exact) mass is 572 g/mol.